The summed E-state index contributed by atoms with van der Waals surface area (Å²) in [6.45, 7) is 2.01. The molecule has 0 spiro atoms. The highest BCUT2D eigenvalue weighted by Crippen LogP contribution is 2.45. The molecule has 1 aliphatic carbocycles. The fourth-order valence-electron chi connectivity index (χ4n) is 1.81. The molecule has 1 saturated carbocycles. The van der Waals surface area contributed by atoms with Crippen LogP contribution in [-0.2, 0) is 0 Å². The van der Waals surface area contributed by atoms with E-state index in [1.54, 1.807) is 17.5 Å². The van der Waals surface area contributed by atoms with E-state index in [2.05, 4.69) is 9.97 Å². The Labute approximate surface area is 86.0 Å². The quantitative estimate of drug-likeness (QED) is 0.778. The van der Waals surface area contributed by atoms with Crippen LogP contribution in [0.3, 0.4) is 0 Å². The number of hydrogen-bond donors (Lipinski definition) is 1. The largest absolute Gasteiger partial charge is 0.397 e. The Morgan fingerprint density at radius 2 is 2.29 bits per heavy atom. The zero-order valence-corrected chi connectivity index (χ0v) is 8.77. The molecule has 3 rings (SSSR count). The van der Waals surface area contributed by atoms with Crippen LogP contribution in [0.4, 0.5) is 5.69 Å². The molecule has 0 saturated heterocycles. The molecule has 2 N–H and O–H groups in total. The Morgan fingerprint density at radius 3 is 3.00 bits per heavy atom. The molecular formula is C10H11N3S. The number of hydrogen-bond acceptors (Lipinski definition) is 4. The van der Waals surface area contributed by atoms with Gasteiger partial charge in [0.05, 0.1) is 16.9 Å². The second-order valence-corrected chi connectivity index (χ2v) is 4.97. The minimum atomic E-state index is 0.641. The molecule has 0 amide bonds. The summed E-state index contributed by atoms with van der Waals surface area (Å²) in [5, 5.41) is 1.07. The van der Waals surface area contributed by atoms with Gasteiger partial charge < -0.3 is 5.73 Å². The van der Waals surface area contributed by atoms with Crippen molar-refractivity contribution in [2.45, 2.75) is 25.7 Å². The zero-order valence-electron chi connectivity index (χ0n) is 7.95. The van der Waals surface area contributed by atoms with Crippen molar-refractivity contribution in [2.24, 2.45) is 0 Å². The highest BCUT2D eigenvalue weighted by molar-refractivity contribution is 7.18. The molecular weight excluding hydrogens is 194 g/mol. The molecule has 1 aliphatic rings. The van der Waals surface area contributed by atoms with E-state index in [1.165, 1.54) is 18.4 Å². The van der Waals surface area contributed by atoms with Gasteiger partial charge in [0.15, 0.2) is 0 Å². The number of nitrogen functional groups attached to an aromatic ring is 1. The van der Waals surface area contributed by atoms with E-state index in [0.717, 1.165) is 21.0 Å². The third-order valence-electron chi connectivity index (χ3n) is 2.59. The van der Waals surface area contributed by atoms with E-state index >= 15 is 0 Å². The maximum absolute atomic E-state index is 5.94. The summed E-state index contributed by atoms with van der Waals surface area (Å²) >= 11 is 1.64. The number of pyridine rings is 1. The first-order valence-electron chi connectivity index (χ1n) is 4.77. The fourth-order valence-corrected chi connectivity index (χ4v) is 2.59. The van der Waals surface area contributed by atoms with E-state index < -0.39 is 0 Å². The van der Waals surface area contributed by atoms with Crippen molar-refractivity contribution in [3.05, 3.63) is 16.8 Å². The molecule has 14 heavy (non-hydrogen) atoms. The lowest BCUT2D eigenvalue weighted by molar-refractivity contribution is 1.13. The summed E-state index contributed by atoms with van der Waals surface area (Å²) in [6.07, 6.45) is 4.27. The van der Waals surface area contributed by atoms with Crippen molar-refractivity contribution in [3.8, 4) is 0 Å². The minimum absolute atomic E-state index is 0.641. The van der Waals surface area contributed by atoms with Crippen LogP contribution in [0, 0.1) is 6.92 Å². The van der Waals surface area contributed by atoms with Crippen LogP contribution in [0.5, 0.6) is 0 Å². The number of rotatable bonds is 1. The average molecular weight is 205 g/mol. The molecule has 2 heterocycles. The van der Waals surface area contributed by atoms with Gasteiger partial charge in [0, 0.05) is 5.56 Å². The molecule has 72 valence electrons. The van der Waals surface area contributed by atoms with Crippen molar-refractivity contribution >= 4 is 27.4 Å². The van der Waals surface area contributed by atoms with Gasteiger partial charge >= 0.3 is 0 Å². The van der Waals surface area contributed by atoms with Crippen molar-refractivity contribution in [1.82, 2.24) is 9.97 Å². The van der Waals surface area contributed by atoms with E-state index in [4.69, 9.17) is 5.73 Å². The predicted octanol–water partition coefficient (Wildman–Crippen LogP) is 2.46. The van der Waals surface area contributed by atoms with Crippen molar-refractivity contribution in [1.29, 1.82) is 0 Å². The summed E-state index contributed by atoms with van der Waals surface area (Å²) in [5.41, 5.74) is 9.02. The van der Waals surface area contributed by atoms with E-state index in [0.29, 0.717) is 5.92 Å². The van der Waals surface area contributed by atoms with Crippen molar-refractivity contribution in [3.63, 3.8) is 0 Å². The molecule has 0 atom stereocenters. The summed E-state index contributed by atoms with van der Waals surface area (Å²) in [4.78, 5) is 9.84. The molecule has 0 radical (unpaired) electrons. The van der Waals surface area contributed by atoms with Gasteiger partial charge in [0.1, 0.15) is 10.3 Å². The molecule has 0 bridgehead atoms. The van der Waals surface area contributed by atoms with Crippen molar-refractivity contribution in [2.75, 3.05) is 5.73 Å². The Bertz CT molecular complexity index is 499. The number of fused-ring (bicyclic) bond motifs is 1. The maximum Gasteiger partial charge on any atom is 0.143 e. The van der Waals surface area contributed by atoms with Gasteiger partial charge in [0.25, 0.3) is 0 Å². The van der Waals surface area contributed by atoms with Gasteiger partial charge in [-0.3, -0.25) is 0 Å². The van der Waals surface area contributed by atoms with Gasteiger partial charge in [-0.15, -0.1) is 0 Å². The van der Waals surface area contributed by atoms with Crippen LogP contribution >= 0.6 is 11.3 Å². The number of aryl methyl sites for hydroxylation is 1. The van der Waals surface area contributed by atoms with Crippen LogP contribution < -0.4 is 5.73 Å². The summed E-state index contributed by atoms with van der Waals surface area (Å²) < 4.78 is 0. The smallest absolute Gasteiger partial charge is 0.143 e. The van der Waals surface area contributed by atoms with E-state index in [1.807, 2.05) is 6.92 Å². The van der Waals surface area contributed by atoms with Gasteiger partial charge in [-0.25, -0.2) is 9.97 Å². The Morgan fingerprint density at radius 1 is 1.50 bits per heavy atom. The number of thiazole rings is 1. The van der Waals surface area contributed by atoms with E-state index in [9.17, 15) is 0 Å². The lowest BCUT2D eigenvalue weighted by Crippen LogP contribution is -1.95. The third kappa shape index (κ3) is 1.10. The fraction of sp³-hybridized carbons (Fsp3) is 0.400. The van der Waals surface area contributed by atoms with Crippen LogP contribution in [0.25, 0.3) is 10.3 Å². The normalized spacial score (nSPS) is 16.4. The second-order valence-electron chi connectivity index (χ2n) is 3.79. The molecule has 2 aromatic rings. The molecule has 0 aromatic carbocycles. The molecule has 2 aromatic heterocycles. The van der Waals surface area contributed by atoms with E-state index in [-0.39, 0.29) is 0 Å². The third-order valence-corrected chi connectivity index (χ3v) is 3.47. The summed E-state index contributed by atoms with van der Waals surface area (Å²) in [6, 6.07) is 0. The number of anilines is 1. The lowest BCUT2D eigenvalue weighted by Gasteiger charge is -2.02. The zero-order chi connectivity index (χ0) is 9.71. The van der Waals surface area contributed by atoms with Gasteiger partial charge in [-0.2, -0.15) is 0 Å². The van der Waals surface area contributed by atoms with Crippen LogP contribution in [0.2, 0.25) is 0 Å². The first kappa shape index (κ1) is 8.17. The summed E-state index contributed by atoms with van der Waals surface area (Å²) in [7, 11) is 0. The highest BCUT2D eigenvalue weighted by Gasteiger charge is 2.29. The van der Waals surface area contributed by atoms with Crippen molar-refractivity contribution < 1.29 is 0 Å². The van der Waals surface area contributed by atoms with Gasteiger partial charge in [-0.05, 0) is 25.7 Å². The maximum atomic E-state index is 5.94. The predicted molar refractivity (Wildman–Crippen MR) is 58.5 cm³/mol. The lowest BCUT2D eigenvalue weighted by atomic mass is 10.1. The SMILES string of the molecule is Cc1nc2c(C3CC3)c(N)cnc2s1. The van der Waals surface area contributed by atoms with Crippen LogP contribution in [-0.4, -0.2) is 9.97 Å². The van der Waals surface area contributed by atoms with Crippen LogP contribution in [0.1, 0.15) is 29.3 Å². The first-order chi connectivity index (χ1) is 6.75. The number of nitrogens with two attached hydrogens (primary N) is 1. The number of nitrogens with zero attached hydrogens (tertiary/aromatic N) is 2. The Balaban J connectivity index is 2.35. The topological polar surface area (TPSA) is 51.8 Å². The average Bonchev–Trinajstić information content (AvgIpc) is 2.88. The Kier molecular flexibility index (Phi) is 1.56. The summed E-state index contributed by atoms with van der Waals surface area (Å²) in [5.74, 6) is 0.641. The standard InChI is InChI=1S/C10H11N3S/c1-5-13-9-8(6-2-3-6)7(11)4-12-10(9)14-5/h4,6H,2-3,11H2,1H3. The Hall–Kier alpha value is -1.16. The number of aromatic nitrogens is 2. The molecule has 0 unspecified atom stereocenters. The van der Waals surface area contributed by atoms with Crippen LogP contribution in [0.15, 0.2) is 6.20 Å². The minimum Gasteiger partial charge on any atom is -0.397 e. The molecule has 4 heteroatoms. The molecule has 1 fully saturated rings. The second kappa shape index (κ2) is 2.67. The van der Waals surface area contributed by atoms with Gasteiger partial charge in [-0.1, -0.05) is 11.3 Å². The molecule has 3 nitrogen and oxygen atoms in total. The molecule has 0 aliphatic heterocycles. The van der Waals surface area contributed by atoms with Gasteiger partial charge in [0.2, 0.25) is 0 Å². The first-order valence-corrected chi connectivity index (χ1v) is 5.59. The monoisotopic (exact) mass is 205 g/mol. The highest BCUT2D eigenvalue weighted by atomic mass is 32.1.